The van der Waals surface area contributed by atoms with Gasteiger partial charge in [-0.05, 0) is 50.6 Å². The Morgan fingerprint density at radius 2 is 1.92 bits per heavy atom. The van der Waals surface area contributed by atoms with Gasteiger partial charge in [0.1, 0.15) is 0 Å². The van der Waals surface area contributed by atoms with E-state index in [0.29, 0.717) is 6.04 Å². The van der Waals surface area contributed by atoms with Crippen LogP contribution in [0.5, 0.6) is 0 Å². The number of hydrogen-bond acceptors (Lipinski definition) is 4. The number of thiazole rings is 1. The van der Waals surface area contributed by atoms with E-state index in [1.165, 1.54) is 61.5 Å². The van der Waals surface area contributed by atoms with E-state index in [4.69, 9.17) is 16.6 Å². The molecule has 0 N–H and O–H groups in total. The van der Waals surface area contributed by atoms with Crippen LogP contribution >= 0.6 is 22.9 Å². The van der Waals surface area contributed by atoms with Gasteiger partial charge in [0.05, 0.1) is 5.69 Å². The molecule has 0 radical (unpaired) electrons. The lowest BCUT2D eigenvalue weighted by Gasteiger charge is -2.36. The summed E-state index contributed by atoms with van der Waals surface area (Å²) < 4.78 is 0. The number of anilines is 1. The van der Waals surface area contributed by atoms with Gasteiger partial charge in [-0.2, -0.15) is 0 Å². The Kier molecular flexibility index (Phi) is 5.27. The molecule has 26 heavy (non-hydrogen) atoms. The summed E-state index contributed by atoms with van der Waals surface area (Å²) >= 11 is 7.95. The van der Waals surface area contributed by atoms with E-state index in [9.17, 15) is 0 Å². The number of rotatable bonds is 4. The van der Waals surface area contributed by atoms with Gasteiger partial charge in [-0.15, -0.1) is 11.3 Å². The number of likely N-dealkylation sites (N-methyl/N-ethyl adjacent to an activating group) is 2. The van der Waals surface area contributed by atoms with Crippen molar-refractivity contribution < 1.29 is 0 Å². The summed E-state index contributed by atoms with van der Waals surface area (Å²) in [6, 6.07) is 9.06. The second kappa shape index (κ2) is 7.49. The lowest BCUT2D eigenvalue weighted by Crippen LogP contribution is -2.34. The third kappa shape index (κ3) is 3.39. The Morgan fingerprint density at radius 1 is 1.19 bits per heavy atom. The van der Waals surface area contributed by atoms with Crippen LogP contribution in [0.25, 0.3) is 0 Å². The number of aromatic nitrogens is 1. The maximum absolute atomic E-state index is 6.15. The predicted molar refractivity (Wildman–Crippen MR) is 112 cm³/mol. The highest BCUT2D eigenvalue weighted by atomic mass is 35.5. The fraction of sp³-hybridized carbons (Fsp3) is 0.571. The topological polar surface area (TPSA) is 19.4 Å². The predicted octanol–water partition coefficient (Wildman–Crippen LogP) is 5.19. The second-order valence-corrected chi connectivity index (χ2v) is 9.25. The first-order valence-corrected chi connectivity index (χ1v) is 11.0. The van der Waals surface area contributed by atoms with Crippen molar-refractivity contribution in [2.45, 2.75) is 50.0 Å². The van der Waals surface area contributed by atoms with E-state index in [-0.39, 0.29) is 5.41 Å². The average Bonchev–Trinajstić information content (AvgIpc) is 3.32. The molecule has 5 heteroatoms. The molecule has 0 bridgehead atoms. The zero-order valence-electron chi connectivity index (χ0n) is 15.7. The molecule has 2 heterocycles. The van der Waals surface area contributed by atoms with Crippen LogP contribution in [-0.2, 0) is 5.41 Å². The lowest BCUT2D eigenvalue weighted by atomic mass is 9.67. The van der Waals surface area contributed by atoms with Crippen LogP contribution in [0.2, 0.25) is 5.02 Å². The average molecular weight is 390 g/mol. The summed E-state index contributed by atoms with van der Waals surface area (Å²) in [4.78, 5) is 9.98. The summed E-state index contributed by atoms with van der Waals surface area (Å²) in [5, 5.41) is 4.28. The zero-order chi connectivity index (χ0) is 18.1. The molecule has 1 unspecified atom stereocenters. The molecule has 2 aromatic rings. The SMILES string of the molecule is CN1CCC(N(C)c2nc(C3(c4ccc(Cl)cc4)CCCCC3)cs2)C1. The summed E-state index contributed by atoms with van der Waals surface area (Å²) in [5.41, 5.74) is 2.70. The zero-order valence-corrected chi connectivity index (χ0v) is 17.3. The van der Waals surface area contributed by atoms with Crippen molar-refractivity contribution in [3.05, 3.63) is 45.9 Å². The minimum atomic E-state index is 0.0604. The molecule has 4 rings (SSSR count). The molecule has 1 saturated carbocycles. The van der Waals surface area contributed by atoms with Gasteiger partial charge in [0, 0.05) is 35.5 Å². The first kappa shape index (κ1) is 18.3. The normalized spacial score (nSPS) is 23.3. The molecule has 140 valence electrons. The highest BCUT2D eigenvalue weighted by Crippen LogP contribution is 2.46. The number of nitrogens with zero attached hydrogens (tertiary/aromatic N) is 3. The van der Waals surface area contributed by atoms with Crippen LogP contribution in [0.3, 0.4) is 0 Å². The lowest BCUT2D eigenvalue weighted by molar-refractivity contribution is 0.340. The van der Waals surface area contributed by atoms with Gasteiger partial charge in [0.25, 0.3) is 0 Å². The monoisotopic (exact) mass is 389 g/mol. The van der Waals surface area contributed by atoms with Crippen molar-refractivity contribution in [3.8, 4) is 0 Å². The highest BCUT2D eigenvalue weighted by molar-refractivity contribution is 7.13. The number of halogens is 1. The van der Waals surface area contributed by atoms with Crippen LogP contribution in [0.1, 0.15) is 49.8 Å². The second-order valence-electron chi connectivity index (χ2n) is 7.98. The van der Waals surface area contributed by atoms with E-state index >= 15 is 0 Å². The maximum Gasteiger partial charge on any atom is 0.185 e. The minimum Gasteiger partial charge on any atom is -0.347 e. The van der Waals surface area contributed by atoms with Crippen molar-refractivity contribution in [1.82, 2.24) is 9.88 Å². The van der Waals surface area contributed by atoms with E-state index in [1.807, 2.05) is 12.1 Å². The van der Waals surface area contributed by atoms with Gasteiger partial charge in [0.15, 0.2) is 5.13 Å². The standard InChI is InChI=1S/C21H28ClN3S/c1-24-13-10-18(14-24)25(2)20-23-19(15-26-20)21(11-4-3-5-12-21)16-6-8-17(22)9-7-16/h6-9,15,18H,3-5,10-14H2,1-2H3. The van der Waals surface area contributed by atoms with Gasteiger partial charge in [-0.3, -0.25) is 0 Å². The molecule has 1 aromatic carbocycles. The van der Waals surface area contributed by atoms with E-state index in [0.717, 1.165) is 11.6 Å². The summed E-state index contributed by atoms with van der Waals surface area (Å²) in [6.07, 6.45) is 7.49. The van der Waals surface area contributed by atoms with E-state index in [2.05, 4.69) is 41.4 Å². The minimum absolute atomic E-state index is 0.0604. The molecule has 1 saturated heterocycles. The van der Waals surface area contributed by atoms with Gasteiger partial charge in [-0.25, -0.2) is 4.98 Å². The van der Waals surface area contributed by atoms with Crippen LogP contribution in [-0.4, -0.2) is 43.1 Å². The largest absolute Gasteiger partial charge is 0.347 e. The van der Waals surface area contributed by atoms with Crippen molar-refractivity contribution in [1.29, 1.82) is 0 Å². The molecule has 3 nitrogen and oxygen atoms in total. The number of hydrogen-bond donors (Lipinski definition) is 0. The first-order chi connectivity index (χ1) is 12.6. The van der Waals surface area contributed by atoms with Crippen LogP contribution < -0.4 is 4.90 Å². The molecular formula is C21H28ClN3S. The Balaban J connectivity index is 1.65. The van der Waals surface area contributed by atoms with E-state index in [1.54, 1.807) is 11.3 Å². The quantitative estimate of drug-likeness (QED) is 0.717. The van der Waals surface area contributed by atoms with Crippen molar-refractivity contribution in [3.63, 3.8) is 0 Å². The van der Waals surface area contributed by atoms with Crippen molar-refractivity contribution in [2.24, 2.45) is 0 Å². The third-order valence-corrected chi connectivity index (χ3v) is 7.49. The molecule has 0 spiro atoms. The first-order valence-electron chi connectivity index (χ1n) is 9.72. The smallest absolute Gasteiger partial charge is 0.185 e. The van der Waals surface area contributed by atoms with Crippen molar-refractivity contribution in [2.75, 3.05) is 32.1 Å². The van der Waals surface area contributed by atoms with Crippen LogP contribution in [0.15, 0.2) is 29.6 Å². The summed E-state index contributed by atoms with van der Waals surface area (Å²) in [5.74, 6) is 0. The fourth-order valence-electron chi connectivity index (χ4n) is 4.65. The highest BCUT2D eigenvalue weighted by Gasteiger charge is 2.38. The molecule has 2 aliphatic rings. The molecule has 1 atom stereocenters. The molecule has 1 aromatic heterocycles. The number of likely N-dealkylation sites (tertiary alicyclic amines) is 1. The van der Waals surface area contributed by atoms with Crippen LogP contribution in [0, 0.1) is 0 Å². The molecular weight excluding hydrogens is 362 g/mol. The third-order valence-electron chi connectivity index (χ3n) is 6.30. The van der Waals surface area contributed by atoms with Gasteiger partial charge < -0.3 is 9.80 Å². The summed E-state index contributed by atoms with van der Waals surface area (Å²) in [7, 11) is 4.42. The Labute approximate surface area is 166 Å². The van der Waals surface area contributed by atoms with E-state index < -0.39 is 0 Å². The molecule has 2 fully saturated rings. The Bertz CT molecular complexity index is 736. The molecule has 1 aliphatic carbocycles. The van der Waals surface area contributed by atoms with Gasteiger partial charge >= 0.3 is 0 Å². The van der Waals surface area contributed by atoms with Gasteiger partial charge in [-0.1, -0.05) is 43.0 Å². The Hall–Kier alpha value is -1.10. The summed E-state index contributed by atoms with van der Waals surface area (Å²) in [6.45, 7) is 2.32. The Morgan fingerprint density at radius 3 is 2.58 bits per heavy atom. The van der Waals surface area contributed by atoms with Crippen molar-refractivity contribution >= 4 is 28.1 Å². The number of benzene rings is 1. The molecule has 1 aliphatic heterocycles. The maximum atomic E-state index is 6.15. The fourth-order valence-corrected chi connectivity index (χ4v) is 5.73. The molecule has 0 amide bonds. The van der Waals surface area contributed by atoms with Gasteiger partial charge in [0.2, 0.25) is 0 Å². The van der Waals surface area contributed by atoms with Crippen LogP contribution in [0.4, 0.5) is 5.13 Å².